The monoisotopic (exact) mass is 223 g/mol. The molecule has 1 aromatic rings. The van der Waals surface area contributed by atoms with Gasteiger partial charge in [-0.2, -0.15) is 0 Å². The summed E-state index contributed by atoms with van der Waals surface area (Å²) in [5, 5.41) is 0.604. The second-order valence-corrected chi connectivity index (χ2v) is 4.61. The molecule has 1 aromatic carbocycles. The molecule has 0 bridgehead atoms. The second kappa shape index (κ2) is 3.95. The third-order valence-corrected chi connectivity index (χ3v) is 3.50. The number of ketones is 1. The van der Waals surface area contributed by atoms with Gasteiger partial charge in [-0.3, -0.25) is 4.79 Å². The number of rotatable bonds is 3. The largest absolute Gasteiger partial charge is 0.329 e. The van der Waals surface area contributed by atoms with E-state index in [4.69, 9.17) is 17.3 Å². The van der Waals surface area contributed by atoms with Crippen LogP contribution in [0.2, 0.25) is 5.02 Å². The predicted molar refractivity (Wildman–Crippen MR) is 61.1 cm³/mol. The van der Waals surface area contributed by atoms with E-state index in [2.05, 4.69) is 0 Å². The zero-order valence-corrected chi connectivity index (χ0v) is 9.26. The van der Waals surface area contributed by atoms with E-state index in [1.165, 1.54) is 0 Å². The van der Waals surface area contributed by atoms with E-state index < -0.39 is 0 Å². The van der Waals surface area contributed by atoms with Crippen LogP contribution in [-0.4, -0.2) is 12.3 Å². The van der Waals surface area contributed by atoms with E-state index in [1.54, 1.807) is 18.2 Å². The predicted octanol–water partition coefficient (Wildman–Crippen LogP) is 2.65. The molecule has 0 aromatic heterocycles. The van der Waals surface area contributed by atoms with E-state index in [9.17, 15) is 4.79 Å². The fourth-order valence-electron chi connectivity index (χ4n) is 2.06. The summed E-state index contributed by atoms with van der Waals surface area (Å²) in [6.45, 7) is 0.443. The van der Waals surface area contributed by atoms with Crippen LogP contribution in [0, 0.1) is 5.41 Å². The quantitative estimate of drug-likeness (QED) is 0.801. The lowest BCUT2D eigenvalue weighted by Crippen LogP contribution is -2.44. The molecule has 1 fully saturated rings. The minimum Gasteiger partial charge on any atom is -0.329 e. The smallest absolute Gasteiger partial charge is 0.170 e. The summed E-state index contributed by atoms with van der Waals surface area (Å²) < 4.78 is 0. The summed E-state index contributed by atoms with van der Waals surface area (Å²) in [4.78, 5) is 12.2. The lowest BCUT2D eigenvalue weighted by Gasteiger charge is -2.39. The number of benzene rings is 1. The molecule has 80 valence electrons. The lowest BCUT2D eigenvalue weighted by atomic mass is 9.64. The zero-order chi connectivity index (χ0) is 10.9. The molecule has 0 unspecified atom stereocenters. The molecule has 1 aliphatic rings. The van der Waals surface area contributed by atoms with Crippen molar-refractivity contribution in [2.24, 2.45) is 11.1 Å². The fraction of sp³-hybridized carbons (Fsp3) is 0.417. The van der Waals surface area contributed by atoms with Crippen molar-refractivity contribution in [2.45, 2.75) is 19.3 Å². The van der Waals surface area contributed by atoms with E-state index in [0.717, 1.165) is 19.3 Å². The highest BCUT2D eigenvalue weighted by Crippen LogP contribution is 2.42. The summed E-state index contributed by atoms with van der Waals surface area (Å²) >= 11 is 5.86. The summed E-state index contributed by atoms with van der Waals surface area (Å²) in [7, 11) is 0. The van der Waals surface area contributed by atoms with Crippen LogP contribution in [0.4, 0.5) is 0 Å². The van der Waals surface area contributed by atoms with Crippen LogP contribution in [0.25, 0.3) is 0 Å². The highest BCUT2D eigenvalue weighted by molar-refractivity contribution is 6.31. The van der Waals surface area contributed by atoms with Gasteiger partial charge in [0.05, 0.1) is 0 Å². The Morgan fingerprint density at radius 3 is 2.67 bits per heavy atom. The van der Waals surface area contributed by atoms with Gasteiger partial charge in [0, 0.05) is 22.5 Å². The van der Waals surface area contributed by atoms with Gasteiger partial charge in [-0.05, 0) is 25.0 Å². The van der Waals surface area contributed by atoms with Gasteiger partial charge in [-0.15, -0.1) is 0 Å². The average Bonchev–Trinajstić information content (AvgIpc) is 2.17. The van der Waals surface area contributed by atoms with E-state index in [-0.39, 0.29) is 11.2 Å². The molecule has 2 N–H and O–H groups in total. The van der Waals surface area contributed by atoms with Crippen molar-refractivity contribution in [1.29, 1.82) is 0 Å². The number of carbonyl (C=O) groups excluding carboxylic acids is 1. The van der Waals surface area contributed by atoms with Crippen molar-refractivity contribution in [3.8, 4) is 0 Å². The van der Waals surface area contributed by atoms with E-state index in [1.807, 2.05) is 6.07 Å². The Morgan fingerprint density at radius 2 is 2.20 bits per heavy atom. The Morgan fingerprint density at radius 1 is 1.47 bits per heavy atom. The number of hydrogen-bond donors (Lipinski definition) is 1. The number of nitrogens with two attached hydrogens (primary N) is 1. The molecular weight excluding hydrogens is 210 g/mol. The molecule has 0 atom stereocenters. The van der Waals surface area contributed by atoms with Crippen LogP contribution >= 0.6 is 11.6 Å². The van der Waals surface area contributed by atoms with Gasteiger partial charge >= 0.3 is 0 Å². The van der Waals surface area contributed by atoms with Crippen LogP contribution in [0.1, 0.15) is 29.6 Å². The van der Waals surface area contributed by atoms with E-state index >= 15 is 0 Å². The Labute approximate surface area is 94.4 Å². The molecule has 0 aliphatic heterocycles. The molecule has 2 rings (SSSR count). The van der Waals surface area contributed by atoms with Crippen molar-refractivity contribution in [3.63, 3.8) is 0 Å². The maximum Gasteiger partial charge on any atom is 0.170 e. The van der Waals surface area contributed by atoms with Crippen LogP contribution < -0.4 is 5.73 Å². The van der Waals surface area contributed by atoms with Crippen molar-refractivity contribution in [3.05, 3.63) is 34.9 Å². The summed E-state index contributed by atoms with van der Waals surface area (Å²) in [6, 6.07) is 7.11. The fourth-order valence-corrected chi connectivity index (χ4v) is 2.25. The van der Waals surface area contributed by atoms with Gasteiger partial charge in [0.1, 0.15) is 0 Å². The van der Waals surface area contributed by atoms with Gasteiger partial charge in [0.25, 0.3) is 0 Å². The molecule has 2 nitrogen and oxygen atoms in total. The first kappa shape index (κ1) is 10.7. The van der Waals surface area contributed by atoms with Gasteiger partial charge in [0.2, 0.25) is 0 Å². The van der Waals surface area contributed by atoms with Crippen molar-refractivity contribution >= 4 is 17.4 Å². The average molecular weight is 224 g/mol. The first-order chi connectivity index (χ1) is 7.18. The van der Waals surface area contributed by atoms with Crippen molar-refractivity contribution < 1.29 is 4.79 Å². The molecule has 0 heterocycles. The van der Waals surface area contributed by atoms with Crippen LogP contribution in [0.3, 0.4) is 0 Å². The molecule has 0 radical (unpaired) electrons. The first-order valence-corrected chi connectivity index (χ1v) is 5.56. The lowest BCUT2D eigenvalue weighted by molar-refractivity contribution is 0.0636. The zero-order valence-electron chi connectivity index (χ0n) is 8.50. The SMILES string of the molecule is NCC1(C(=O)c2cccc(Cl)c2)CCC1. The minimum absolute atomic E-state index is 0.152. The van der Waals surface area contributed by atoms with Gasteiger partial charge in [0.15, 0.2) is 5.78 Å². The number of Topliss-reactive ketones (excluding diaryl/α,β-unsaturated/α-hetero) is 1. The van der Waals surface area contributed by atoms with Crippen LogP contribution in [-0.2, 0) is 0 Å². The Balaban J connectivity index is 2.27. The summed E-state index contributed by atoms with van der Waals surface area (Å²) in [6.07, 6.45) is 2.92. The second-order valence-electron chi connectivity index (χ2n) is 4.18. The minimum atomic E-state index is -0.301. The van der Waals surface area contributed by atoms with Gasteiger partial charge < -0.3 is 5.73 Å². The molecule has 0 saturated heterocycles. The molecule has 0 spiro atoms. The highest BCUT2D eigenvalue weighted by atomic mass is 35.5. The number of hydrogen-bond acceptors (Lipinski definition) is 2. The van der Waals surface area contributed by atoms with Gasteiger partial charge in [-0.25, -0.2) is 0 Å². The van der Waals surface area contributed by atoms with E-state index in [0.29, 0.717) is 17.1 Å². The van der Waals surface area contributed by atoms with Crippen LogP contribution in [0.15, 0.2) is 24.3 Å². The summed E-state index contributed by atoms with van der Waals surface area (Å²) in [5.74, 6) is 0.152. The maximum absolute atomic E-state index is 12.2. The van der Waals surface area contributed by atoms with Crippen molar-refractivity contribution in [1.82, 2.24) is 0 Å². The molecule has 1 aliphatic carbocycles. The first-order valence-electron chi connectivity index (χ1n) is 5.18. The third kappa shape index (κ3) is 1.80. The number of halogens is 1. The molecule has 0 amide bonds. The summed E-state index contributed by atoms with van der Waals surface area (Å²) in [5.41, 5.74) is 6.08. The standard InChI is InChI=1S/C12H14ClNO/c13-10-4-1-3-9(7-10)11(15)12(8-14)5-2-6-12/h1,3-4,7H,2,5-6,8,14H2. The Bertz CT molecular complexity index is 379. The maximum atomic E-state index is 12.2. The Kier molecular flexibility index (Phi) is 2.81. The molecular formula is C12H14ClNO. The number of carbonyl (C=O) groups is 1. The third-order valence-electron chi connectivity index (χ3n) is 3.27. The molecule has 3 heteroatoms. The van der Waals surface area contributed by atoms with Crippen molar-refractivity contribution in [2.75, 3.05) is 6.54 Å². The normalized spacial score (nSPS) is 18.3. The topological polar surface area (TPSA) is 43.1 Å². The van der Waals surface area contributed by atoms with Crippen LogP contribution in [0.5, 0.6) is 0 Å². The molecule has 1 saturated carbocycles. The molecule has 15 heavy (non-hydrogen) atoms. The Hall–Kier alpha value is -0.860. The van der Waals surface area contributed by atoms with Gasteiger partial charge in [-0.1, -0.05) is 30.2 Å². The highest BCUT2D eigenvalue weighted by Gasteiger charge is 2.42.